The van der Waals surface area contributed by atoms with Gasteiger partial charge >= 0.3 is 0 Å². The van der Waals surface area contributed by atoms with E-state index in [1.807, 2.05) is 17.5 Å². The highest BCUT2D eigenvalue weighted by Gasteiger charge is 2.07. The van der Waals surface area contributed by atoms with Crippen molar-refractivity contribution in [1.82, 2.24) is 0 Å². The Morgan fingerprint density at radius 2 is 2.28 bits per heavy atom. The first-order valence-corrected chi connectivity index (χ1v) is 6.60. The number of rotatable bonds is 4. The van der Waals surface area contributed by atoms with Crippen LogP contribution in [0.25, 0.3) is 0 Å². The van der Waals surface area contributed by atoms with Gasteiger partial charge in [-0.05, 0) is 29.6 Å². The van der Waals surface area contributed by atoms with Gasteiger partial charge in [0.1, 0.15) is 5.75 Å². The molecule has 0 bridgehead atoms. The largest absolute Gasteiger partial charge is 0.495 e. The van der Waals surface area contributed by atoms with Crippen LogP contribution in [0, 0.1) is 0 Å². The van der Waals surface area contributed by atoms with E-state index < -0.39 is 0 Å². The molecule has 0 fully saturated rings. The van der Waals surface area contributed by atoms with Crippen LogP contribution in [-0.2, 0) is 11.2 Å². The molecule has 18 heavy (non-hydrogen) atoms. The maximum Gasteiger partial charge on any atom is 0.229 e. The number of carbonyl (C=O) groups excluding carboxylic acids is 1. The van der Waals surface area contributed by atoms with Crippen molar-refractivity contribution in [2.45, 2.75) is 6.42 Å². The number of benzene rings is 1. The zero-order valence-corrected chi connectivity index (χ0v) is 11.3. The number of anilines is 1. The lowest BCUT2D eigenvalue weighted by Gasteiger charge is -2.07. The van der Waals surface area contributed by atoms with E-state index in [9.17, 15) is 4.79 Å². The normalized spacial score (nSPS) is 10.1. The third-order valence-corrected chi connectivity index (χ3v) is 3.52. The van der Waals surface area contributed by atoms with Crippen molar-refractivity contribution in [3.05, 3.63) is 45.6 Å². The summed E-state index contributed by atoms with van der Waals surface area (Å²) in [5, 5.41) is 5.23. The van der Waals surface area contributed by atoms with Gasteiger partial charge in [0.25, 0.3) is 0 Å². The van der Waals surface area contributed by atoms with Crippen LogP contribution in [0.5, 0.6) is 5.75 Å². The predicted octanol–water partition coefficient (Wildman–Crippen LogP) is 3.59. The average Bonchev–Trinajstić information content (AvgIpc) is 2.82. The van der Waals surface area contributed by atoms with Crippen LogP contribution in [-0.4, -0.2) is 13.0 Å². The number of nitrogens with one attached hydrogen (secondary N) is 1. The standard InChI is InChI=1S/C13H12ClNO2S/c1-17-12-5-4-9(7-11(12)14)15-13(16)8-10-3-2-6-18-10/h2-7H,8H2,1H3,(H,15,16). The van der Waals surface area contributed by atoms with Crippen molar-refractivity contribution in [3.8, 4) is 5.75 Å². The summed E-state index contributed by atoms with van der Waals surface area (Å²) >= 11 is 7.55. The summed E-state index contributed by atoms with van der Waals surface area (Å²) in [4.78, 5) is 12.8. The molecule has 5 heteroatoms. The third kappa shape index (κ3) is 3.24. The van der Waals surface area contributed by atoms with Crippen molar-refractivity contribution in [2.24, 2.45) is 0 Å². The van der Waals surface area contributed by atoms with Gasteiger partial charge in [0.15, 0.2) is 0 Å². The third-order valence-electron chi connectivity index (χ3n) is 2.35. The molecule has 1 amide bonds. The first-order valence-electron chi connectivity index (χ1n) is 5.35. The maximum absolute atomic E-state index is 11.8. The topological polar surface area (TPSA) is 38.3 Å². The lowest BCUT2D eigenvalue weighted by Crippen LogP contribution is -2.13. The van der Waals surface area contributed by atoms with Crippen LogP contribution >= 0.6 is 22.9 Å². The summed E-state index contributed by atoms with van der Waals surface area (Å²) < 4.78 is 5.05. The van der Waals surface area contributed by atoms with Crippen molar-refractivity contribution < 1.29 is 9.53 Å². The Morgan fingerprint density at radius 3 is 2.89 bits per heavy atom. The SMILES string of the molecule is COc1ccc(NC(=O)Cc2cccs2)cc1Cl. The van der Waals surface area contributed by atoms with E-state index in [2.05, 4.69) is 5.32 Å². The van der Waals surface area contributed by atoms with E-state index in [-0.39, 0.29) is 5.91 Å². The number of hydrogen-bond acceptors (Lipinski definition) is 3. The highest BCUT2D eigenvalue weighted by atomic mass is 35.5. The minimum Gasteiger partial charge on any atom is -0.495 e. The van der Waals surface area contributed by atoms with Crippen molar-refractivity contribution in [3.63, 3.8) is 0 Å². The van der Waals surface area contributed by atoms with E-state index in [1.165, 1.54) is 0 Å². The summed E-state index contributed by atoms with van der Waals surface area (Å²) in [5.74, 6) is 0.534. The number of methoxy groups -OCH3 is 1. The van der Waals surface area contributed by atoms with Gasteiger partial charge in [0.05, 0.1) is 18.6 Å². The maximum atomic E-state index is 11.8. The Hall–Kier alpha value is -1.52. The van der Waals surface area contributed by atoms with Gasteiger partial charge in [0.2, 0.25) is 5.91 Å². The Balaban J connectivity index is 2.01. The Morgan fingerprint density at radius 1 is 1.44 bits per heavy atom. The molecular formula is C13H12ClNO2S. The zero-order chi connectivity index (χ0) is 13.0. The Bertz CT molecular complexity index is 540. The summed E-state index contributed by atoms with van der Waals surface area (Å²) in [5.41, 5.74) is 0.669. The second-order valence-electron chi connectivity index (χ2n) is 3.65. The van der Waals surface area contributed by atoms with Crippen molar-refractivity contribution in [1.29, 1.82) is 0 Å². The minimum atomic E-state index is -0.0568. The molecule has 0 saturated carbocycles. The van der Waals surface area contributed by atoms with Gasteiger partial charge in [-0.15, -0.1) is 11.3 Å². The van der Waals surface area contributed by atoms with Crippen molar-refractivity contribution >= 4 is 34.5 Å². The van der Waals surface area contributed by atoms with E-state index in [4.69, 9.17) is 16.3 Å². The molecule has 2 rings (SSSR count). The highest BCUT2D eigenvalue weighted by Crippen LogP contribution is 2.27. The van der Waals surface area contributed by atoms with Gasteiger partial charge in [-0.3, -0.25) is 4.79 Å². The smallest absolute Gasteiger partial charge is 0.229 e. The van der Waals surface area contributed by atoms with Gasteiger partial charge < -0.3 is 10.1 Å². The lowest BCUT2D eigenvalue weighted by molar-refractivity contribution is -0.115. The molecule has 1 aromatic heterocycles. The van der Waals surface area contributed by atoms with Crippen LogP contribution < -0.4 is 10.1 Å². The van der Waals surface area contributed by atoms with Crippen LogP contribution in [0.4, 0.5) is 5.69 Å². The summed E-state index contributed by atoms with van der Waals surface area (Å²) in [6.07, 6.45) is 0.376. The van der Waals surface area contributed by atoms with Crippen LogP contribution in [0.15, 0.2) is 35.7 Å². The van der Waals surface area contributed by atoms with E-state index in [0.29, 0.717) is 22.9 Å². The highest BCUT2D eigenvalue weighted by molar-refractivity contribution is 7.10. The Labute approximate surface area is 114 Å². The fraction of sp³-hybridized carbons (Fsp3) is 0.154. The molecule has 3 nitrogen and oxygen atoms in total. The van der Waals surface area contributed by atoms with Gasteiger partial charge in [-0.1, -0.05) is 17.7 Å². The molecule has 1 aromatic carbocycles. The van der Waals surface area contributed by atoms with E-state index >= 15 is 0 Å². The Kier molecular flexibility index (Phi) is 4.23. The molecule has 0 radical (unpaired) electrons. The molecule has 0 aliphatic rings. The number of amides is 1. The molecule has 1 heterocycles. The monoisotopic (exact) mass is 281 g/mol. The lowest BCUT2D eigenvalue weighted by atomic mass is 10.2. The predicted molar refractivity (Wildman–Crippen MR) is 74.7 cm³/mol. The first kappa shape index (κ1) is 12.9. The second-order valence-corrected chi connectivity index (χ2v) is 5.09. The minimum absolute atomic E-state index is 0.0568. The summed E-state index contributed by atoms with van der Waals surface area (Å²) in [6, 6.07) is 9.02. The van der Waals surface area contributed by atoms with E-state index in [0.717, 1.165) is 4.88 Å². The molecule has 0 aliphatic heterocycles. The van der Waals surface area contributed by atoms with Gasteiger partial charge in [-0.2, -0.15) is 0 Å². The molecule has 0 atom stereocenters. The van der Waals surface area contributed by atoms with Gasteiger partial charge in [-0.25, -0.2) is 0 Å². The molecule has 1 N–H and O–H groups in total. The number of carbonyl (C=O) groups is 1. The quantitative estimate of drug-likeness (QED) is 0.930. The summed E-state index contributed by atoms with van der Waals surface area (Å²) in [6.45, 7) is 0. The fourth-order valence-corrected chi connectivity index (χ4v) is 2.48. The molecule has 0 aliphatic carbocycles. The van der Waals surface area contributed by atoms with Crippen molar-refractivity contribution in [2.75, 3.05) is 12.4 Å². The number of hydrogen-bond donors (Lipinski definition) is 1. The second kappa shape index (κ2) is 5.89. The van der Waals surface area contributed by atoms with Crippen LogP contribution in [0.3, 0.4) is 0 Å². The summed E-state index contributed by atoms with van der Waals surface area (Å²) in [7, 11) is 1.55. The molecule has 0 saturated heterocycles. The molecule has 0 unspecified atom stereocenters. The van der Waals surface area contributed by atoms with Crippen LogP contribution in [0.1, 0.15) is 4.88 Å². The van der Waals surface area contributed by atoms with Crippen LogP contribution in [0.2, 0.25) is 5.02 Å². The number of thiophene rings is 1. The molecule has 94 valence electrons. The molecule has 0 spiro atoms. The first-order chi connectivity index (χ1) is 8.69. The number of ether oxygens (including phenoxy) is 1. The average molecular weight is 282 g/mol. The molecular weight excluding hydrogens is 270 g/mol. The number of halogens is 1. The fourth-order valence-electron chi connectivity index (χ4n) is 1.52. The molecule has 2 aromatic rings. The van der Waals surface area contributed by atoms with E-state index in [1.54, 1.807) is 36.6 Å². The zero-order valence-electron chi connectivity index (χ0n) is 9.77. The van der Waals surface area contributed by atoms with Gasteiger partial charge in [0, 0.05) is 10.6 Å².